The Balaban J connectivity index is 1.78. The number of fused-ring (bicyclic) bond motifs is 1. The van der Waals surface area contributed by atoms with E-state index in [1.807, 2.05) is 30.3 Å². The second kappa shape index (κ2) is 6.80. The van der Waals surface area contributed by atoms with Crippen LogP contribution in [-0.2, 0) is 11.2 Å². The third-order valence-electron chi connectivity index (χ3n) is 3.59. The molecule has 0 aliphatic heterocycles. The van der Waals surface area contributed by atoms with Crippen molar-refractivity contribution in [2.24, 2.45) is 0 Å². The van der Waals surface area contributed by atoms with Gasteiger partial charge in [0, 0.05) is 11.1 Å². The summed E-state index contributed by atoms with van der Waals surface area (Å²) in [6.07, 6.45) is 0.196. The topological polar surface area (TPSA) is 66.4 Å². The Labute approximate surface area is 141 Å². The fourth-order valence-corrected chi connectivity index (χ4v) is 3.39. The normalized spacial score (nSPS) is 12.0. The number of carbonyl (C=O) groups excluding carboxylic acids is 1. The highest BCUT2D eigenvalue weighted by Crippen LogP contribution is 2.26. The maximum atomic E-state index is 13.2. The van der Waals surface area contributed by atoms with Crippen LogP contribution in [0.15, 0.2) is 54.6 Å². The van der Waals surface area contributed by atoms with Crippen LogP contribution < -0.4 is 5.32 Å². The Hall–Kier alpha value is -2.73. The van der Waals surface area contributed by atoms with Crippen LogP contribution in [0.5, 0.6) is 0 Å². The van der Waals surface area contributed by atoms with E-state index in [4.69, 9.17) is 0 Å². The summed E-state index contributed by atoms with van der Waals surface area (Å²) in [5.41, 5.74) is 0.823. The Morgan fingerprint density at radius 1 is 1.12 bits per heavy atom. The van der Waals surface area contributed by atoms with Gasteiger partial charge in [-0.15, -0.1) is 11.3 Å². The van der Waals surface area contributed by atoms with Crippen molar-refractivity contribution >= 4 is 33.3 Å². The van der Waals surface area contributed by atoms with Crippen LogP contribution in [0.25, 0.3) is 10.1 Å². The van der Waals surface area contributed by atoms with Gasteiger partial charge in [0.05, 0.1) is 4.88 Å². The van der Waals surface area contributed by atoms with Crippen LogP contribution >= 0.6 is 11.3 Å². The molecule has 0 saturated carbocycles. The summed E-state index contributed by atoms with van der Waals surface area (Å²) in [6.45, 7) is 0. The number of aliphatic carboxylic acids is 1. The molecule has 2 aromatic carbocycles. The number of hydrogen-bond donors (Lipinski definition) is 2. The van der Waals surface area contributed by atoms with Gasteiger partial charge in [-0.25, -0.2) is 9.18 Å². The number of rotatable bonds is 5. The molecule has 1 heterocycles. The predicted molar refractivity (Wildman–Crippen MR) is 90.8 cm³/mol. The van der Waals surface area contributed by atoms with E-state index < -0.39 is 17.9 Å². The highest BCUT2D eigenvalue weighted by atomic mass is 32.1. The molecule has 0 saturated heterocycles. The molecule has 0 bridgehead atoms. The van der Waals surface area contributed by atoms with E-state index in [1.54, 1.807) is 12.1 Å². The lowest BCUT2D eigenvalue weighted by molar-refractivity contribution is -0.139. The molecule has 24 heavy (non-hydrogen) atoms. The monoisotopic (exact) mass is 343 g/mol. The molecule has 0 aliphatic rings. The number of carboxylic acids is 1. The largest absolute Gasteiger partial charge is 0.480 e. The number of thiophene rings is 1. The molecule has 2 N–H and O–H groups in total. The molecule has 0 fully saturated rings. The highest BCUT2D eigenvalue weighted by Gasteiger charge is 2.22. The van der Waals surface area contributed by atoms with Gasteiger partial charge in [-0.3, -0.25) is 4.79 Å². The van der Waals surface area contributed by atoms with E-state index in [0.717, 1.165) is 22.3 Å². The SMILES string of the molecule is O=C(N[C@H](Cc1ccccc1)C(=O)O)c1cc2ccc(F)cc2s1. The molecular weight excluding hydrogens is 329 g/mol. The number of hydrogen-bond acceptors (Lipinski definition) is 3. The van der Waals surface area contributed by atoms with Crippen molar-refractivity contribution in [2.45, 2.75) is 12.5 Å². The lowest BCUT2D eigenvalue weighted by Gasteiger charge is -2.14. The van der Waals surface area contributed by atoms with Crippen LogP contribution in [0.3, 0.4) is 0 Å². The van der Waals surface area contributed by atoms with Gasteiger partial charge in [0.15, 0.2) is 0 Å². The van der Waals surface area contributed by atoms with Crippen LogP contribution in [0.2, 0.25) is 0 Å². The van der Waals surface area contributed by atoms with E-state index >= 15 is 0 Å². The summed E-state index contributed by atoms with van der Waals surface area (Å²) in [4.78, 5) is 24.1. The van der Waals surface area contributed by atoms with Gasteiger partial charge >= 0.3 is 5.97 Å². The molecule has 122 valence electrons. The summed E-state index contributed by atoms with van der Waals surface area (Å²) in [5, 5.41) is 12.6. The smallest absolute Gasteiger partial charge is 0.326 e. The fraction of sp³-hybridized carbons (Fsp3) is 0.111. The first-order chi connectivity index (χ1) is 11.5. The predicted octanol–water partition coefficient (Wildman–Crippen LogP) is 3.47. The molecule has 1 aromatic heterocycles. The lowest BCUT2D eigenvalue weighted by atomic mass is 10.1. The number of amides is 1. The van der Waals surface area contributed by atoms with Crippen molar-refractivity contribution in [3.8, 4) is 0 Å². The third kappa shape index (κ3) is 3.60. The van der Waals surface area contributed by atoms with Gasteiger partial charge in [0.2, 0.25) is 0 Å². The number of carboxylic acid groups (broad SMARTS) is 1. The first-order valence-corrected chi connectivity index (χ1v) is 8.11. The minimum absolute atomic E-state index is 0.196. The number of nitrogens with one attached hydrogen (secondary N) is 1. The minimum atomic E-state index is -1.10. The van der Waals surface area contributed by atoms with Crippen molar-refractivity contribution in [3.63, 3.8) is 0 Å². The van der Waals surface area contributed by atoms with Crippen molar-refractivity contribution in [2.75, 3.05) is 0 Å². The van der Waals surface area contributed by atoms with Gasteiger partial charge in [0.25, 0.3) is 5.91 Å². The maximum Gasteiger partial charge on any atom is 0.326 e. The summed E-state index contributed by atoms with van der Waals surface area (Å²) in [6, 6.07) is 14.0. The van der Waals surface area contributed by atoms with Crippen molar-refractivity contribution in [1.29, 1.82) is 0 Å². The Kier molecular flexibility index (Phi) is 4.57. The summed E-state index contributed by atoms with van der Waals surface area (Å²) in [7, 11) is 0. The molecule has 0 unspecified atom stereocenters. The first-order valence-electron chi connectivity index (χ1n) is 7.29. The molecule has 0 radical (unpaired) electrons. The van der Waals surface area contributed by atoms with E-state index in [9.17, 15) is 19.1 Å². The number of halogens is 1. The second-order valence-corrected chi connectivity index (χ2v) is 6.43. The highest BCUT2D eigenvalue weighted by molar-refractivity contribution is 7.20. The summed E-state index contributed by atoms with van der Waals surface area (Å²) < 4.78 is 13.9. The quantitative estimate of drug-likeness (QED) is 0.745. The first kappa shape index (κ1) is 16.1. The number of benzene rings is 2. The van der Waals surface area contributed by atoms with Crippen LogP contribution in [0.1, 0.15) is 15.2 Å². The van der Waals surface area contributed by atoms with Gasteiger partial charge in [-0.1, -0.05) is 36.4 Å². The van der Waals surface area contributed by atoms with Gasteiger partial charge in [-0.2, -0.15) is 0 Å². The van der Waals surface area contributed by atoms with Crippen molar-refractivity contribution < 1.29 is 19.1 Å². The molecule has 3 rings (SSSR count). The van der Waals surface area contributed by atoms with Gasteiger partial charge in [0.1, 0.15) is 11.9 Å². The third-order valence-corrected chi connectivity index (χ3v) is 4.69. The fourth-order valence-electron chi connectivity index (χ4n) is 2.40. The summed E-state index contributed by atoms with van der Waals surface area (Å²) >= 11 is 1.13. The molecule has 0 aliphatic carbocycles. The standard InChI is InChI=1S/C18H14FNO3S/c19-13-7-6-12-9-16(24-15(12)10-13)17(21)20-14(18(22)23)8-11-4-2-1-3-5-11/h1-7,9-10,14H,8H2,(H,20,21)(H,22,23)/t14-/m1/s1. The Morgan fingerprint density at radius 3 is 2.58 bits per heavy atom. The summed E-state index contributed by atoms with van der Waals surface area (Å²) in [5.74, 6) is -1.94. The van der Waals surface area contributed by atoms with E-state index in [-0.39, 0.29) is 12.2 Å². The Bertz CT molecular complexity index is 892. The minimum Gasteiger partial charge on any atom is -0.480 e. The van der Waals surface area contributed by atoms with E-state index in [2.05, 4.69) is 5.32 Å². The zero-order chi connectivity index (χ0) is 17.1. The van der Waals surface area contributed by atoms with Crippen LogP contribution in [0.4, 0.5) is 4.39 Å². The van der Waals surface area contributed by atoms with Gasteiger partial charge < -0.3 is 10.4 Å². The molecule has 4 nitrogen and oxygen atoms in total. The average molecular weight is 343 g/mol. The molecule has 1 amide bonds. The van der Waals surface area contributed by atoms with Crippen LogP contribution in [-0.4, -0.2) is 23.0 Å². The average Bonchev–Trinajstić information content (AvgIpc) is 2.98. The molecule has 0 spiro atoms. The van der Waals surface area contributed by atoms with Crippen molar-refractivity contribution in [3.05, 3.63) is 70.9 Å². The molecule has 6 heteroatoms. The molecule has 3 aromatic rings. The van der Waals surface area contributed by atoms with Gasteiger partial charge in [-0.05, 0) is 29.1 Å². The van der Waals surface area contributed by atoms with E-state index in [0.29, 0.717) is 9.58 Å². The molecular formula is C18H14FNO3S. The second-order valence-electron chi connectivity index (χ2n) is 5.35. The lowest BCUT2D eigenvalue weighted by Crippen LogP contribution is -2.42. The number of carbonyl (C=O) groups is 2. The van der Waals surface area contributed by atoms with Crippen LogP contribution in [0, 0.1) is 5.82 Å². The van der Waals surface area contributed by atoms with E-state index in [1.165, 1.54) is 12.1 Å². The Morgan fingerprint density at radius 2 is 1.88 bits per heavy atom. The maximum absolute atomic E-state index is 13.2. The van der Waals surface area contributed by atoms with Crippen molar-refractivity contribution in [1.82, 2.24) is 5.32 Å². The zero-order valence-corrected chi connectivity index (χ0v) is 13.3. The molecule has 1 atom stereocenters. The zero-order valence-electron chi connectivity index (χ0n) is 12.5.